The molecule has 0 aliphatic heterocycles. The maximum Gasteiger partial charge on any atom is 0.230 e. The normalized spacial score (nSPS) is 15.7. The summed E-state index contributed by atoms with van der Waals surface area (Å²) in [6, 6.07) is 8.64. The minimum atomic E-state index is -0.300. The van der Waals surface area contributed by atoms with Gasteiger partial charge in [-0.3, -0.25) is 9.79 Å². The zero-order chi connectivity index (χ0) is 20.6. The summed E-state index contributed by atoms with van der Waals surface area (Å²) in [5.74, 6) is 0.967. The summed E-state index contributed by atoms with van der Waals surface area (Å²) in [6.07, 6.45) is 4.13. The Balaban J connectivity index is 0.00000420. The van der Waals surface area contributed by atoms with E-state index >= 15 is 0 Å². The van der Waals surface area contributed by atoms with E-state index in [1.807, 2.05) is 14.1 Å². The number of rotatable bonds is 8. The standard InChI is InChI=1S/C22H37N5O.HI/c1-6-27(5)16-19-11-9-10-18(14-19)15-24-21(23-2)25-17-22(12-7-8-13-22)20(28)26(3)4;/h9-11,14H,6-8,12-13,15-17H2,1-5H3,(H2,23,24,25);1H. The number of aliphatic imine (C=N–C) groups is 1. The highest BCUT2D eigenvalue weighted by Gasteiger charge is 2.42. The largest absolute Gasteiger partial charge is 0.355 e. The Bertz CT molecular complexity index is 671. The van der Waals surface area contributed by atoms with Crippen molar-refractivity contribution in [2.24, 2.45) is 10.4 Å². The summed E-state index contributed by atoms with van der Waals surface area (Å²) in [4.78, 5) is 21.1. The Morgan fingerprint density at radius 3 is 2.38 bits per heavy atom. The van der Waals surface area contributed by atoms with Gasteiger partial charge in [0.2, 0.25) is 5.91 Å². The molecule has 0 spiro atoms. The molecule has 29 heavy (non-hydrogen) atoms. The third kappa shape index (κ3) is 7.44. The number of benzene rings is 1. The first-order chi connectivity index (χ1) is 13.4. The van der Waals surface area contributed by atoms with Crippen LogP contribution in [0.25, 0.3) is 0 Å². The third-order valence-electron chi connectivity index (χ3n) is 5.68. The predicted octanol–water partition coefficient (Wildman–Crippen LogP) is 3.07. The fraction of sp³-hybridized carbons (Fsp3) is 0.636. The van der Waals surface area contributed by atoms with E-state index in [0.29, 0.717) is 13.1 Å². The number of nitrogens with zero attached hydrogens (tertiary/aromatic N) is 3. The van der Waals surface area contributed by atoms with Gasteiger partial charge in [0.25, 0.3) is 0 Å². The SMILES string of the molecule is CCN(C)Cc1cccc(CNC(=NC)NCC2(C(=O)N(C)C)CCCC2)c1.I. The average molecular weight is 515 g/mol. The Morgan fingerprint density at radius 2 is 1.79 bits per heavy atom. The number of carbonyl (C=O) groups excluding carboxylic acids is 1. The maximum atomic E-state index is 12.7. The molecule has 1 aliphatic carbocycles. The zero-order valence-electron chi connectivity index (χ0n) is 18.6. The van der Waals surface area contributed by atoms with E-state index < -0.39 is 0 Å². The first-order valence-corrected chi connectivity index (χ1v) is 10.3. The average Bonchev–Trinajstić information content (AvgIpc) is 3.17. The highest BCUT2D eigenvalue weighted by molar-refractivity contribution is 14.0. The van der Waals surface area contributed by atoms with Crippen LogP contribution in [0.3, 0.4) is 0 Å². The highest BCUT2D eigenvalue weighted by atomic mass is 127. The lowest BCUT2D eigenvalue weighted by Crippen LogP contribution is -2.49. The van der Waals surface area contributed by atoms with Crippen LogP contribution >= 0.6 is 24.0 Å². The molecule has 0 radical (unpaired) electrons. The molecule has 0 atom stereocenters. The number of hydrogen-bond donors (Lipinski definition) is 2. The van der Waals surface area contributed by atoms with Gasteiger partial charge < -0.3 is 20.4 Å². The van der Waals surface area contributed by atoms with E-state index in [1.165, 1.54) is 11.1 Å². The van der Waals surface area contributed by atoms with E-state index in [0.717, 1.165) is 44.7 Å². The van der Waals surface area contributed by atoms with E-state index in [4.69, 9.17) is 0 Å². The molecule has 1 amide bonds. The molecule has 0 bridgehead atoms. The van der Waals surface area contributed by atoms with Crippen molar-refractivity contribution >= 4 is 35.8 Å². The third-order valence-corrected chi connectivity index (χ3v) is 5.68. The number of halogens is 1. The lowest BCUT2D eigenvalue weighted by Gasteiger charge is -2.31. The monoisotopic (exact) mass is 515 g/mol. The molecule has 2 N–H and O–H groups in total. The predicted molar refractivity (Wildman–Crippen MR) is 132 cm³/mol. The topological polar surface area (TPSA) is 60.0 Å². The van der Waals surface area contributed by atoms with Crippen LogP contribution in [-0.4, -0.2) is 62.9 Å². The van der Waals surface area contributed by atoms with Gasteiger partial charge >= 0.3 is 0 Å². The van der Waals surface area contributed by atoms with Crippen LogP contribution in [-0.2, 0) is 17.9 Å². The number of amides is 1. The van der Waals surface area contributed by atoms with Crippen LogP contribution in [0.4, 0.5) is 0 Å². The van der Waals surface area contributed by atoms with Crippen molar-refractivity contribution in [1.82, 2.24) is 20.4 Å². The molecule has 0 saturated heterocycles. The second-order valence-electron chi connectivity index (χ2n) is 8.12. The van der Waals surface area contributed by atoms with E-state index in [-0.39, 0.29) is 35.3 Å². The van der Waals surface area contributed by atoms with Gasteiger partial charge in [0, 0.05) is 40.8 Å². The summed E-state index contributed by atoms with van der Waals surface area (Å²) in [7, 11) is 7.60. The second-order valence-corrected chi connectivity index (χ2v) is 8.12. The molecule has 0 unspecified atom stereocenters. The molecule has 1 aromatic rings. The van der Waals surface area contributed by atoms with Crippen molar-refractivity contribution in [2.45, 2.75) is 45.7 Å². The van der Waals surface area contributed by atoms with Crippen LogP contribution < -0.4 is 10.6 Å². The lowest BCUT2D eigenvalue weighted by atomic mass is 9.84. The van der Waals surface area contributed by atoms with Gasteiger partial charge in [-0.15, -0.1) is 24.0 Å². The Morgan fingerprint density at radius 1 is 1.14 bits per heavy atom. The highest BCUT2D eigenvalue weighted by Crippen LogP contribution is 2.38. The Labute approximate surface area is 193 Å². The van der Waals surface area contributed by atoms with E-state index in [1.54, 1.807) is 11.9 Å². The van der Waals surface area contributed by atoms with E-state index in [2.05, 4.69) is 58.8 Å². The molecule has 1 aromatic carbocycles. The van der Waals surface area contributed by atoms with Crippen molar-refractivity contribution < 1.29 is 4.79 Å². The molecular weight excluding hydrogens is 477 g/mol. The fourth-order valence-electron chi connectivity index (χ4n) is 3.91. The zero-order valence-corrected chi connectivity index (χ0v) is 21.0. The molecule has 1 aliphatic rings. The lowest BCUT2D eigenvalue weighted by molar-refractivity contribution is -0.138. The van der Waals surface area contributed by atoms with Gasteiger partial charge in [-0.25, -0.2) is 0 Å². The first kappa shape index (κ1) is 25.7. The first-order valence-electron chi connectivity index (χ1n) is 10.3. The fourth-order valence-corrected chi connectivity index (χ4v) is 3.91. The molecule has 7 heteroatoms. The molecular formula is C22H38IN5O. The van der Waals surface area contributed by atoms with Crippen LogP contribution in [0.5, 0.6) is 0 Å². The van der Waals surface area contributed by atoms with Gasteiger partial charge in [0.1, 0.15) is 0 Å². The molecule has 6 nitrogen and oxygen atoms in total. The van der Waals surface area contributed by atoms with Gasteiger partial charge in [0.15, 0.2) is 5.96 Å². The molecule has 1 fully saturated rings. The molecule has 1 saturated carbocycles. The van der Waals surface area contributed by atoms with Crippen LogP contribution in [0.2, 0.25) is 0 Å². The smallest absolute Gasteiger partial charge is 0.230 e. The maximum absolute atomic E-state index is 12.7. The van der Waals surface area contributed by atoms with Crippen molar-refractivity contribution in [2.75, 3.05) is 41.3 Å². The Kier molecular flexibility index (Phi) is 11.0. The van der Waals surface area contributed by atoms with Gasteiger partial charge in [-0.2, -0.15) is 0 Å². The summed E-state index contributed by atoms with van der Waals surface area (Å²) < 4.78 is 0. The number of carbonyl (C=O) groups is 1. The second kappa shape index (κ2) is 12.4. The summed E-state index contributed by atoms with van der Waals surface area (Å²) in [6.45, 7) is 5.49. The van der Waals surface area contributed by atoms with Crippen molar-refractivity contribution in [3.63, 3.8) is 0 Å². The molecule has 0 heterocycles. The van der Waals surface area contributed by atoms with Gasteiger partial charge in [0.05, 0.1) is 5.41 Å². The van der Waals surface area contributed by atoms with Crippen molar-refractivity contribution in [1.29, 1.82) is 0 Å². The number of nitrogens with one attached hydrogen (secondary N) is 2. The minimum Gasteiger partial charge on any atom is -0.355 e. The summed E-state index contributed by atoms with van der Waals surface area (Å²) in [5.41, 5.74) is 2.24. The molecule has 2 rings (SSSR count). The van der Waals surface area contributed by atoms with Crippen LogP contribution in [0.15, 0.2) is 29.3 Å². The van der Waals surface area contributed by atoms with Crippen molar-refractivity contribution in [3.05, 3.63) is 35.4 Å². The number of hydrogen-bond acceptors (Lipinski definition) is 3. The summed E-state index contributed by atoms with van der Waals surface area (Å²) in [5, 5.41) is 6.79. The van der Waals surface area contributed by atoms with Crippen molar-refractivity contribution in [3.8, 4) is 0 Å². The van der Waals surface area contributed by atoms with E-state index in [9.17, 15) is 4.79 Å². The van der Waals surface area contributed by atoms with Crippen LogP contribution in [0.1, 0.15) is 43.7 Å². The minimum absolute atomic E-state index is 0. The molecule has 0 aromatic heterocycles. The van der Waals surface area contributed by atoms with Gasteiger partial charge in [-0.1, -0.05) is 44.0 Å². The quantitative estimate of drug-likeness (QED) is 0.318. The summed E-state index contributed by atoms with van der Waals surface area (Å²) >= 11 is 0. The molecule has 164 valence electrons. The Hall–Kier alpha value is -1.35. The number of guanidine groups is 1. The van der Waals surface area contributed by atoms with Gasteiger partial charge in [-0.05, 0) is 37.6 Å². The van der Waals surface area contributed by atoms with Crippen LogP contribution in [0, 0.1) is 5.41 Å².